The third-order valence-electron chi connectivity index (χ3n) is 2.95. The number of hydrogen-bond donors (Lipinski definition) is 0. The van der Waals surface area contributed by atoms with Crippen LogP contribution in [0.4, 0.5) is 0 Å². The monoisotopic (exact) mass is 260 g/mol. The molecule has 2 aromatic carbocycles. The van der Waals surface area contributed by atoms with Crippen molar-refractivity contribution < 1.29 is 4.42 Å². The molecule has 0 atom stereocenters. The van der Waals surface area contributed by atoms with Crippen molar-refractivity contribution in [2.24, 2.45) is 0 Å². The lowest BCUT2D eigenvalue weighted by Crippen LogP contribution is -1.82. The van der Waals surface area contributed by atoms with Crippen LogP contribution < -0.4 is 0 Å². The first kappa shape index (κ1) is 12.2. The summed E-state index contributed by atoms with van der Waals surface area (Å²) in [5.41, 5.74) is 2.90. The highest BCUT2D eigenvalue weighted by Gasteiger charge is 2.09. The predicted octanol–water partition coefficient (Wildman–Crippen LogP) is 3.58. The summed E-state index contributed by atoms with van der Waals surface area (Å²) in [5.74, 6) is 3.65. The minimum atomic E-state index is 0.510. The van der Waals surface area contributed by atoms with E-state index in [1.165, 1.54) is 0 Å². The van der Waals surface area contributed by atoms with Crippen molar-refractivity contribution in [2.75, 3.05) is 0 Å². The average Bonchev–Trinajstić information content (AvgIpc) is 2.99. The molecule has 0 spiro atoms. The summed E-state index contributed by atoms with van der Waals surface area (Å²) in [7, 11) is 0. The maximum atomic E-state index is 5.69. The van der Waals surface area contributed by atoms with E-state index in [1.807, 2.05) is 54.6 Å². The average molecular weight is 260 g/mol. The van der Waals surface area contributed by atoms with E-state index in [9.17, 15) is 0 Å². The van der Waals surface area contributed by atoms with Gasteiger partial charge in [0.05, 0.1) is 0 Å². The lowest BCUT2D eigenvalue weighted by Gasteiger charge is -1.97. The third-order valence-corrected chi connectivity index (χ3v) is 2.95. The van der Waals surface area contributed by atoms with E-state index in [0.717, 1.165) is 16.7 Å². The normalized spacial score (nSPS) is 10.2. The van der Waals surface area contributed by atoms with Crippen molar-refractivity contribution in [3.05, 3.63) is 60.2 Å². The Kier molecular flexibility index (Phi) is 3.30. The molecule has 96 valence electrons. The van der Waals surface area contributed by atoms with E-state index in [0.29, 0.717) is 18.2 Å². The summed E-state index contributed by atoms with van der Waals surface area (Å²) < 4.78 is 5.69. The summed E-state index contributed by atoms with van der Waals surface area (Å²) in [6, 6.07) is 17.5. The van der Waals surface area contributed by atoms with Crippen LogP contribution in [-0.2, 0) is 6.42 Å². The summed E-state index contributed by atoms with van der Waals surface area (Å²) in [4.78, 5) is 0. The van der Waals surface area contributed by atoms with Gasteiger partial charge >= 0.3 is 0 Å². The maximum absolute atomic E-state index is 5.69. The molecule has 0 aliphatic carbocycles. The highest BCUT2D eigenvalue weighted by molar-refractivity contribution is 5.58. The molecule has 0 saturated heterocycles. The summed E-state index contributed by atoms with van der Waals surface area (Å²) >= 11 is 0. The highest BCUT2D eigenvalue weighted by atomic mass is 16.4. The number of nitrogens with zero attached hydrogens (tertiary/aromatic N) is 2. The van der Waals surface area contributed by atoms with Gasteiger partial charge in [0.15, 0.2) is 0 Å². The molecule has 3 heteroatoms. The zero-order chi connectivity index (χ0) is 13.8. The Labute approximate surface area is 117 Å². The predicted molar refractivity (Wildman–Crippen MR) is 77.7 cm³/mol. The second kappa shape index (κ2) is 5.41. The molecule has 1 heterocycles. The molecule has 0 aliphatic rings. The van der Waals surface area contributed by atoms with E-state index in [-0.39, 0.29) is 0 Å². The van der Waals surface area contributed by atoms with Crippen LogP contribution in [0.15, 0.2) is 59.0 Å². The highest BCUT2D eigenvalue weighted by Crippen LogP contribution is 2.23. The van der Waals surface area contributed by atoms with Crippen LogP contribution in [0.5, 0.6) is 0 Å². The molecule has 0 amide bonds. The van der Waals surface area contributed by atoms with Gasteiger partial charge in [0.25, 0.3) is 0 Å². The fourth-order valence-corrected chi connectivity index (χ4v) is 1.92. The standard InChI is InChI=1S/C17H12N2O/c1-2-6-13-9-11-15(12-10-13)17-19-18-16(20-17)14-7-4-3-5-8-14/h1,3-5,7-12H,6H2. The van der Waals surface area contributed by atoms with Gasteiger partial charge in [0.1, 0.15) is 0 Å². The van der Waals surface area contributed by atoms with E-state index < -0.39 is 0 Å². The van der Waals surface area contributed by atoms with Gasteiger partial charge in [-0.05, 0) is 29.8 Å². The molecule has 0 bridgehead atoms. The topological polar surface area (TPSA) is 38.9 Å². The fourth-order valence-electron chi connectivity index (χ4n) is 1.92. The Morgan fingerprint density at radius 2 is 1.45 bits per heavy atom. The van der Waals surface area contributed by atoms with Crippen molar-refractivity contribution in [1.29, 1.82) is 0 Å². The number of hydrogen-bond acceptors (Lipinski definition) is 3. The van der Waals surface area contributed by atoms with Gasteiger partial charge in [-0.1, -0.05) is 30.3 Å². The molecule has 3 nitrogen and oxygen atoms in total. The molecular formula is C17H12N2O. The Morgan fingerprint density at radius 1 is 0.850 bits per heavy atom. The van der Waals surface area contributed by atoms with Crippen LogP contribution in [-0.4, -0.2) is 10.2 Å². The largest absolute Gasteiger partial charge is 0.416 e. The van der Waals surface area contributed by atoms with Crippen LogP contribution in [0.2, 0.25) is 0 Å². The van der Waals surface area contributed by atoms with Crippen molar-refractivity contribution >= 4 is 0 Å². The first-order valence-corrected chi connectivity index (χ1v) is 6.28. The van der Waals surface area contributed by atoms with Crippen molar-refractivity contribution in [1.82, 2.24) is 10.2 Å². The van der Waals surface area contributed by atoms with E-state index in [2.05, 4.69) is 16.1 Å². The van der Waals surface area contributed by atoms with Gasteiger partial charge in [-0.25, -0.2) is 0 Å². The van der Waals surface area contributed by atoms with Gasteiger partial charge in [-0.15, -0.1) is 22.5 Å². The quantitative estimate of drug-likeness (QED) is 0.676. The zero-order valence-electron chi connectivity index (χ0n) is 10.8. The molecule has 0 N–H and O–H groups in total. The Hall–Kier alpha value is -2.86. The lowest BCUT2D eigenvalue weighted by molar-refractivity contribution is 0.584. The van der Waals surface area contributed by atoms with Gasteiger partial charge in [0, 0.05) is 17.5 Å². The van der Waals surface area contributed by atoms with E-state index in [4.69, 9.17) is 10.8 Å². The molecule has 0 saturated carbocycles. The van der Waals surface area contributed by atoms with Crippen LogP contribution in [0.3, 0.4) is 0 Å². The van der Waals surface area contributed by atoms with E-state index >= 15 is 0 Å². The summed E-state index contributed by atoms with van der Waals surface area (Å²) in [5, 5.41) is 8.15. The minimum Gasteiger partial charge on any atom is -0.416 e. The van der Waals surface area contributed by atoms with Crippen LogP contribution in [0, 0.1) is 12.3 Å². The SMILES string of the molecule is C#CCc1ccc(-c2nnc(-c3ccccc3)o2)cc1. The van der Waals surface area contributed by atoms with Gasteiger partial charge < -0.3 is 4.42 Å². The van der Waals surface area contributed by atoms with Gasteiger partial charge in [0.2, 0.25) is 11.8 Å². The lowest BCUT2D eigenvalue weighted by atomic mass is 10.1. The summed E-state index contributed by atoms with van der Waals surface area (Å²) in [6.07, 6.45) is 5.91. The molecule has 0 fully saturated rings. The fraction of sp³-hybridized carbons (Fsp3) is 0.0588. The van der Waals surface area contributed by atoms with Crippen LogP contribution >= 0.6 is 0 Å². The van der Waals surface area contributed by atoms with Crippen LogP contribution in [0.1, 0.15) is 5.56 Å². The van der Waals surface area contributed by atoms with Crippen molar-refractivity contribution in [3.8, 4) is 35.3 Å². The third kappa shape index (κ3) is 2.45. The molecule has 20 heavy (non-hydrogen) atoms. The first-order chi connectivity index (χ1) is 9.86. The Morgan fingerprint density at radius 3 is 2.05 bits per heavy atom. The smallest absolute Gasteiger partial charge is 0.248 e. The molecule has 0 unspecified atom stereocenters. The minimum absolute atomic E-state index is 0.510. The molecule has 1 aromatic heterocycles. The van der Waals surface area contributed by atoms with Crippen LogP contribution in [0.25, 0.3) is 22.9 Å². The molecule has 0 aliphatic heterocycles. The first-order valence-electron chi connectivity index (χ1n) is 6.28. The molecular weight excluding hydrogens is 248 g/mol. The number of benzene rings is 2. The second-order valence-electron chi connectivity index (χ2n) is 4.36. The van der Waals surface area contributed by atoms with Crippen molar-refractivity contribution in [2.45, 2.75) is 6.42 Å². The number of terminal acetylenes is 1. The Bertz CT molecular complexity index is 737. The van der Waals surface area contributed by atoms with Gasteiger partial charge in [-0.2, -0.15) is 0 Å². The molecule has 3 aromatic rings. The second-order valence-corrected chi connectivity index (χ2v) is 4.36. The van der Waals surface area contributed by atoms with Gasteiger partial charge in [-0.3, -0.25) is 0 Å². The number of aromatic nitrogens is 2. The molecule has 3 rings (SSSR count). The molecule has 0 radical (unpaired) electrons. The Balaban J connectivity index is 1.89. The van der Waals surface area contributed by atoms with E-state index in [1.54, 1.807) is 0 Å². The van der Waals surface area contributed by atoms with Crippen molar-refractivity contribution in [3.63, 3.8) is 0 Å². The summed E-state index contributed by atoms with van der Waals surface area (Å²) in [6.45, 7) is 0. The zero-order valence-corrected chi connectivity index (χ0v) is 10.8. The number of rotatable bonds is 3. The maximum Gasteiger partial charge on any atom is 0.248 e.